The van der Waals surface area contributed by atoms with E-state index in [1.807, 2.05) is 0 Å². The van der Waals surface area contributed by atoms with Crippen LogP contribution in [-0.2, 0) is 13.5 Å². The molecule has 1 unspecified atom stereocenters. The third kappa shape index (κ3) is 3.16. The Morgan fingerprint density at radius 1 is 0.625 bits per heavy atom. The number of benzene rings is 3. The molecule has 1 atom stereocenters. The van der Waals surface area contributed by atoms with E-state index in [0.717, 1.165) is 6.42 Å². The predicted molar refractivity (Wildman–Crippen MR) is 115 cm³/mol. The monoisotopic (exact) mass is 334 g/mol. The van der Waals surface area contributed by atoms with Crippen LogP contribution in [0.3, 0.4) is 0 Å². The SMILES string of the molecule is CCC(C)[B-](c1ccccc1)(c1ccccc1)c1ccccc1.[SH3+]. The van der Waals surface area contributed by atoms with Gasteiger partial charge in [0.1, 0.15) is 0 Å². The van der Waals surface area contributed by atoms with Crippen molar-refractivity contribution in [3.8, 4) is 0 Å². The standard InChI is InChI=1S/C22H24B.H2S/c1-3-19(2)23(20-13-7-4-8-14-20,21-15-9-5-10-16-21)22-17-11-6-12-18-22;/h4-19H,3H2,1-2H3;1H2/q-1;/p+1. The zero-order chi connectivity index (χ0) is 16.1. The third-order valence-electron chi connectivity index (χ3n) is 5.47. The van der Waals surface area contributed by atoms with Crippen molar-refractivity contribution in [2.75, 3.05) is 0 Å². The average molecular weight is 334 g/mol. The topological polar surface area (TPSA) is 0 Å². The summed E-state index contributed by atoms with van der Waals surface area (Å²) in [5, 5.41) is 0. The minimum Gasteiger partial charge on any atom is -0.200 e. The number of hydrogen-bond acceptors (Lipinski definition) is 0. The lowest BCUT2D eigenvalue weighted by Gasteiger charge is -2.48. The Hall–Kier alpha value is -1.93. The second-order valence-corrected chi connectivity index (χ2v) is 6.55. The maximum absolute atomic E-state index is 2.40. The van der Waals surface area contributed by atoms with E-state index in [1.165, 1.54) is 16.4 Å². The summed E-state index contributed by atoms with van der Waals surface area (Å²) in [5.74, 6) is 0.558. The van der Waals surface area contributed by atoms with Gasteiger partial charge < -0.3 is 0 Å². The first-order valence-corrected chi connectivity index (χ1v) is 8.62. The first-order chi connectivity index (χ1) is 11.3. The van der Waals surface area contributed by atoms with Crippen LogP contribution < -0.4 is 16.4 Å². The van der Waals surface area contributed by atoms with Gasteiger partial charge in [0.25, 0.3) is 0 Å². The molecule has 0 amide bonds. The van der Waals surface area contributed by atoms with Gasteiger partial charge >= 0.3 is 0 Å². The van der Waals surface area contributed by atoms with Gasteiger partial charge in [0.05, 0.1) is 6.15 Å². The van der Waals surface area contributed by atoms with Gasteiger partial charge in [-0.1, -0.05) is 125 Å². The van der Waals surface area contributed by atoms with Gasteiger partial charge in [0, 0.05) is 0 Å². The molecule has 0 heterocycles. The molecule has 0 bridgehead atoms. The molecule has 0 spiro atoms. The fourth-order valence-corrected chi connectivity index (χ4v) is 4.19. The van der Waals surface area contributed by atoms with Gasteiger partial charge in [0.15, 0.2) is 0 Å². The van der Waals surface area contributed by atoms with E-state index in [9.17, 15) is 0 Å². The highest BCUT2D eigenvalue weighted by Gasteiger charge is 2.33. The van der Waals surface area contributed by atoms with Crippen molar-refractivity contribution in [2.45, 2.75) is 26.1 Å². The summed E-state index contributed by atoms with van der Waals surface area (Å²) >= 11 is 0. The summed E-state index contributed by atoms with van der Waals surface area (Å²) in [6, 6.07) is 33.1. The Morgan fingerprint density at radius 2 is 0.917 bits per heavy atom. The van der Waals surface area contributed by atoms with Gasteiger partial charge in [-0.15, -0.1) is 0 Å². The molecule has 0 aromatic heterocycles. The molecule has 2 heteroatoms. The van der Waals surface area contributed by atoms with Crippen molar-refractivity contribution in [3.05, 3.63) is 91.0 Å². The third-order valence-corrected chi connectivity index (χ3v) is 5.47. The molecular weight excluding hydrogens is 307 g/mol. The second kappa shape index (κ2) is 8.26. The van der Waals surface area contributed by atoms with Crippen molar-refractivity contribution in [3.63, 3.8) is 0 Å². The summed E-state index contributed by atoms with van der Waals surface area (Å²) in [6.45, 7) is 4.70. The van der Waals surface area contributed by atoms with Crippen LogP contribution in [0.1, 0.15) is 20.3 Å². The Labute approximate surface area is 153 Å². The average Bonchev–Trinajstić information content (AvgIpc) is 2.65. The zero-order valence-electron chi connectivity index (χ0n) is 14.6. The lowest BCUT2D eigenvalue weighted by Crippen LogP contribution is -2.69. The fourth-order valence-electron chi connectivity index (χ4n) is 4.19. The minimum absolute atomic E-state index is 0. The molecule has 3 aromatic carbocycles. The molecule has 3 rings (SSSR count). The highest BCUT2D eigenvalue weighted by atomic mass is 32.1. The van der Waals surface area contributed by atoms with Crippen molar-refractivity contribution >= 4 is 36.0 Å². The lowest BCUT2D eigenvalue weighted by molar-refractivity contribution is 0.857. The van der Waals surface area contributed by atoms with Crippen molar-refractivity contribution in [2.24, 2.45) is 0 Å². The van der Waals surface area contributed by atoms with Crippen LogP contribution in [0.5, 0.6) is 0 Å². The van der Waals surface area contributed by atoms with Crippen LogP contribution in [0.25, 0.3) is 0 Å². The zero-order valence-corrected chi connectivity index (χ0v) is 15.8. The predicted octanol–water partition coefficient (Wildman–Crippen LogP) is 3.15. The molecule has 0 aliphatic heterocycles. The molecule has 24 heavy (non-hydrogen) atoms. The van der Waals surface area contributed by atoms with E-state index >= 15 is 0 Å². The van der Waals surface area contributed by atoms with Gasteiger partial charge in [-0.05, 0) is 0 Å². The van der Waals surface area contributed by atoms with Gasteiger partial charge in [0.2, 0.25) is 0 Å². The Morgan fingerprint density at radius 3 is 1.17 bits per heavy atom. The van der Waals surface area contributed by atoms with Crippen molar-refractivity contribution < 1.29 is 0 Å². The Bertz CT molecular complexity index is 629. The number of hydrogen-bond donors (Lipinski definition) is 0. The first kappa shape index (κ1) is 18.4. The summed E-state index contributed by atoms with van der Waals surface area (Å²) < 4.78 is 0. The summed E-state index contributed by atoms with van der Waals surface area (Å²) in [4.78, 5) is 0. The highest BCUT2D eigenvalue weighted by Crippen LogP contribution is 2.25. The minimum atomic E-state index is -0.974. The van der Waals surface area contributed by atoms with Crippen LogP contribution >= 0.6 is 0 Å². The van der Waals surface area contributed by atoms with Crippen molar-refractivity contribution in [1.29, 1.82) is 0 Å². The first-order valence-electron chi connectivity index (χ1n) is 8.62. The Kier molecular flexibility index (Phi) is 6.33. The molecule has 0 saturated carbocycles. The van der Waals surface area contributed by atoms with E-state index in [-0.39, 0.29) is 13.5 Å². The van der Waals surface area contributed by atoms with Crippen LogP contribution in [0, 0.1) is 0 Å². The molecule has 3 aromatic rings. The van der Waals surface area contributed by atoms with Gasteiger partial charge in [-0.25, -0.2) is 0 Å². The van der Waals surface area contributed by atoms with E-state index in [2.05, 4.69) is 105 Å². The molecule has 0 aliphatic carbocycles. The summed E-state index contributed by atoms with van der Waals surface area (Å²) in [7, 11) is 0. The Balaban J connectivity index is 0.00000208. The molecular formula is C22H27BS. The van der Waals surface area contributed by atoms with Crippen LogP contribution in [0.2, 0.25) is 5.82 Å². The fraction of sp³-hybridized carbons (Fsp3) is 0.182. The van der Waals surface area contributed by atoms with Gasteiger partial charge in [-0.3, -0.25) is 0 Å². The van der Waals surface area contributed by atoms with E-state index in [0.29, 0.717) is 5.82 Å². The van der Waals surface area contributed by atoms with Crippen LogP contribution in [-0.4, -0.2) is 6.15 Å². The maximum atomic E-state index is 2.40. The van der Waals surface area contributed by atoms with E-state index in [4.69, 9.17) is 0 Å². The van der Waals surface area contributed by atoms with Gasteiger partial charge in [-0.2, -0.15) is 22.2 Å². The van der Waals surface area contributed by atoms with E-state index in [1.54, 1.807) is 0 Å². The summed E-state index contributed by atoms with van der Waals surface area (Å²) in [6.07, 6.45) is 0.177. The summed E-state index contributed by atoms with van der Waals surface area (Å²) in [5.41, 5.74) is 4.29. The maximum Gasteiger partial charge on any atom is 0.0839 e. The number of rotatable bonds is 5. The van der Waals surface area contributed by atoms with Crippen LogP contribution in [0.15, 0.2) is 91.0 Å². The quantitative estimate of drug-likeness (QED) is 0.497. The molecule has 124 valence electrons. The highest BCUT2D eigenvalue weighted by molar-refractivity contribution is 7.37. The lowest BCUT2D eigenvalue weighted by atomic mass is 9.10. The van der Waals surface area contributed by atoms with E-state index < -0.39 is 6.15 Å². The molecule has 0 radical (unpaired) electrons. The van der Waals surface area contributed by atoms with Crippen LogP contribution in [0.4, 0.5) is 0 Å². The normalized spacial score (nSPS) is 12.2. The largest absolute Gasteiger partial charge is 0.200 e. The molecule has 0 fully saturated rings. The smallest absolute Gasteiger partial charge is 0.0839 e. The molecule has 0 N–H and O–H groups in total. The molecule has 0 aliphatic rings. The molecule has 0 saturated heterocycles. The molecule has 0 nitrogen and oxygen atoms in total. The second-order valence-electron chi connectivity index (χ2n) is 6.55. The van der Waals surface area contributed by atoms with Crippen molar-refractivity contribution in [1.82, 2.24) is 0 Å².